The van der Waals surface area contributed by atoms with Crippen LogP contribution < -0.4 is 14.8 Å². The Balaban J connectivity index is 2.22. The van der Waals surface area contributed by atoms with Crippen LogP contribution >= 0.6 is 34.8 Å². The molecule has 2 aromatic rings. The Morgan fingerprint density at radius 1 is 0.952 bits per heavy atom. The van der Waals surface area contributed by atoms with Crippen LogP contribution in [-0.2, 0) is 6.54 Å². The molecule has 0 aliphatic rings. The van der Waals surface area contributed by atoms with Crippen LogP contribution in [0.2, 0.25) is 15.1 Å². The van der Waals surface area contributed by atoms with E-state index >= 15 is 0 Å². The zero-order valence-corrected chi connectivity index (χ0v) is 13.8. The number of halogens is 3. The zero-order chi connectivity index (χ0) is 15.4. The van der Waals surface area contributed by atoms with Crippen molar-refractivity contribution >= 4 is 40.5 Å². The van der Waals surface area contributed by atoms with Crippen LogP contribution in [-0.4, -0.2) is 14.2 Å². The van der Waals surface area contributed by atoms with E-state index in [9.17, 15) is 0 Å². The largest absolute Gasteiger partial charge is 0.493 e. The standard InChI is InChI=1S/C15H14Cl3NO2/c1-20-14-6-10(16)5-9(15(14)21-2)8-19-11-3-4-12(17)13(18)7-11/h3-7,19H,8H2,1-2H3. The number of benzene rings is 2. The van der Waals surface area contributed by atoms with Gasteiger partial charge in [-0.25, -0.2) is 0 Å². The van der Waals surface area contributed by atoms with Crippen LogP contribution in [0.5, 0.6) is 11.5 Å². The molecule has 0 aliphatic carbocycles. The van der Waals surface area contributed by atoms with Crippen LogP contribution in [0.15, 0.2) is 30.3 Å². The average Bonchev–Trinajstić information content (AvgIpc) is 2.47. The second-order valence-electron chi connectivity index (χ2n) is 4.28. The van der Waals surface area contributed by atoms with Gasteiger partial charge in [-0.3, -0.25) is 0 Å². The van der Waals surface area contributed by atoms with Gasteiger partial charge in [0.1, 0.15) is 0 Å². The number of methoxy groups -OCH3 is 2. The molecule has 0 unspecified atom stereocenters. The molecule has 0 amide bonds. The maximum Gasteiger partial charge on any atom is 0.165 e. The van der Waals surface area contributed by atoms with Crippen molar-refractivity contribution in [1.29, 1.82) is 0 Å². The Bertz CT molecular complexity index is 647. The van der Waals surface area contributed by atoms with E-state index in [2.05, 4.69) is 5.32 Å². The van der Waals surface area contributed by atoms with E-state index in [0.717, 1.165) is 11.3 Å². The highest BCUT2D eigenvalue weighted by molar-refractivity contribution is 6.42. The van der Waals surface area contributed by atoms with Gasteiger partial charge in [-0.1, -0.05) is 34.8 Å². The second kappa shape index (κ2) is 7.12. The number of ether oxygens (including phenoxy) is 2. The highest BCUT2D eigenvalue weighted by Gasteiger charge is 2.12. The van der Waals surface area contributed by atoms with Crippen molar-refractivity contribution in [1.82, 2.24) is 0 Å². The Kier molecular flexibility index (Phi) is 5.45. The van der Waals surface area contributed by atoms with E-state index in [0.29, 0.717) is 33.1 Å². The van der Waals surface area contributed by atoms with Crippen molar-refractivity contribution in [2.24, 2.45) is 0 Å². The van der Waals surface area contributed by atoms with E-state index in [1.807, 2.05) is 12.1 Å². The third-order valence-corrected chi connectivity index (χ3v) is 3.88. The van der Waals surface area contributed by atoms with E-state index in [4.69, 9.17) is 44.3 Å². The SMILES string of the molecule is COc1cc(Cl)cc(CNc2ccc(Cl)c(Cl)c2)c1OC. The quantitative estimate of drug-likeness (QED) is 0.799. The summed E-state index contributed by atoms with van der Waals surface area (Å²) < 4.78 is 10.7. The Hall–Kier alpha value is -1.29. The molecule has 0 saturated carbocycles. The molecule has 0 saturated heterocycles. The fourth-order valence-electron chi connectivity index (χ4n) is 1.94. The minimum Gasteiger partial charge on any atom is -0.493 e. The van der Waals surface area contributed by atoms with Crippen molar-refractivity contribution in [3.8, 4) is 11.5 Å². The molecule has 0 radical (unpaired) electrons. The summed E-state index contributed by atoms with van der Waals surface area (Å²) >= 11 is 18.0. The summed E-state index contributed by atoms with van der Waals surface area (Å²) in [5.41, 5.74) is 1.73. The van der Waals surface area contributed by atoms with Crippen LogP contribution in [0.1, 0.15) is 5.56 Å². The van der Waals surface area contributed by atoms with Gasteiger partial charge in [-0.05, 0) is 24.3 Å². The monoisotopic (exact) mass is 345 g/mol. The predicted molar refractivity (Wildman–Crippen MR) is 88.3 cm³/mol. The van der Waals surface area contributed by atoms with Crippen LogP contribution in [0.3, 0.4) is 0 Å². The summed E-state index contributed by atoms with van der Waals surface area (Å²) in [7, 11) is 3.17. The highest BCUT2D eigenvalue weighted by Crippen LogP contribution is 2.35. The average molecular weight is 347 g/mol. The lowest BCUT2D eigenvalue weighted by Crippen LogP contribution is -2.03. The molecule has 6 heteroatoms. The van der Waals surface area contributed by atoms with E-state index < -0.39 is 0 Å². The molecular formula is C15H14Cl3NO2. The van der Waals surface area contributed by atoms with Crippen LogP contribution in [0, 0.1) is 0 Å². The minimum absolute atomic E-state index is 0.498. The van der Waals surface area contributed by atoms with E-state index in [-0.39, 0.29) is 0 Å². The van der Waals surface area contributed by atoms with Gasteiger partial charge >= 0.3 is 0 Å². The maximum absolute atomic E-state index is 6.08. The first-order valence-corrected chi connectivity index (χ1v) is 7.28. The number of hydrogen-bond donors (Lipinski definition) is 1. The van der Waals surface area contributed by atoms with Gasteiger partial charge in [-0.15, -0.1) is 0 Å². The van der Waals surface area contributed by atoms with Gasteiger partial charge in [0, 0.05) is 28.9 Å². The summed E-state index contributed by atoms with van der Waals surface area (Å²) in [5, 5.41) is 4.84. The van der Waals surface area contributed by atoms with Crippen LogP contribution in [0.25, 0.3) is 0 Å². The van der Waals surface area contributed by atoms with Gasteiger partial charge in [-0.2, -0.15) is 0 Å². The topological polar surface area (TPSA) is 30.5 Å². The number of nitrogens with one attached hydrogen (secondary N) is 1. The molecule has 21 heavy (non-hydrogen) atoms. The van der Waals surface area contributed by atoms with E-state index in [1.54, 1.807) is 32.4 Å². The highest BCUT2D eigenvalue weighted by atomic mass is 35.5. The normalized spacial score (nSPS) is 10.3. The van der Waals surface area contributed by atoms with Gasteiger partial charge < -0.3 is 14.8 Å². The zero-order valence-electron chi connectivity index (χ0n) is 11.5. The third-order valence-electron chi connectivity index (χ3n) is 2.92. The van der Waals surface area contributed by atoms with Crippen LogP contribution in [0.4, 0.5) is 5.69 Å². The van der Waals surface area contributed by atoms with Crippen molar-refractivity contribution in [3.63, 3.8) is 0 Å². The third kappa shape index (κ3) is 3.88. The molecule has 3 nitrogen and oxygen atoms in total. The maximum atomic E-state index is 6.08. The summed E-state index contributed by atoms with van der Waals surface area (Å²) in [6.07, 6.45) is 0. The number of rotatable bonds is 5. The summed E-state index contributed by atoms with van der Waals surface area (Å²) in [6.45, 7) is 0.512. The molecule has 1 N–H and O–H groups in total. The van der Waals surface area contributed by atoms with E-state index in [1.165, 1.54) is 0 Å². The fraction of sp³-hybridized carbons (Fsp3) is 0.200. The van der Waals surface area contributed by atoms with Gasteiger partial charge in [0.05, 0.1) is 24.3 Å². The molecule has 112 valence electrons. The Labute approximate surface area is 138 Å². The molecule has 0 aromatic heterocycles. The first-order valence-electron chi connectivity index (χ1n) is 6.14. The minimum atomic E-state index is 0.498. The number of anilines is 1. The number of hydrogen-bond acceptors (Lipinski definition) is 3. The summed E-state index contributed by atoms with van der Waals surface area (Å²) in [6, 6.07) is 8.89. The molecule has 0 atom stereocenters. The van der Waals surface area contributed by atoms with Crippen molar-refractivity contribution in [2.75, 3.05) is 19.5 Å². The lowest BCUT2D eigenvalue weighted by molar-refractivity contribution is 0.352. The predicted octanol–water partition coefficient (Wildman–Crippen LogP) is 5.28. The first kappa shape index (κ1) is 16.1. The molecule has 0 fully saturated rings. The summed E-state index contributed by atoms with van der Waals surface area (Å²) in [4.78, 5) is 0. The summed E-state index contributed by atoms with van der Waals surface area (Å²) in [5.74, 6) is 1.24. The smallest absolute Gasteiger partial charge is 0.165 e. The Morgan fingerprint density at radius 2 is 1.71 bits per heavy atom. The molecule has 0 spiro atoms. The molecule has 2 rings (SSSR count). The van der Waals surface area contributed by atoms with Gasteiger partial charge in [0.15, 0.2) is 11.5 Å². The lowest BCUT2D eigenvalue weighted by Gasteiger charge is -2.14. The Morgan fingerprint density at radius 3 is 2.33 bits per heavy atom. The second-order valence-corrected chi connectivity index (χ2v) is 5.53. The van der Waals surface area contributed by atoms with Crippen molar-refractivity contribution in [2.45, 2.75) is 6.54 Å². The molecular weight excluding hydrogens is 333 g/mol. The van der Waals surface area contributed by atoms with Gasteiger partial charge in [0.2, 0.25) is 0 Å². The van der Waals surface area contributed by atoms with Gasteiger partial charge in [0.25, 0.3) is 0 Å². The molecule has 2 aromatic carbocycles. The molecule has 0 bridgehead atoms. The fourth-order valence-corrected chi connectivity index (χ4v) is 2.47. The first-order chi connectivity index (χ1) is 10.0. The lowest BCUT2D eigenvalue weighted by atomic mass is 10.1. The van der Waals surface area contributed by atoms with Crippen molar-refractivity contribution < 1.29 is 9.47 Å². The molecule has 0 aliphatic heterocycles. The van der Waals surface area contributed by atoms with Crippen molar-refractivity contribution in [3.05, 3.63) is 51.0 Å². The molecule has 0 heterocycles.